The summed E-state index contributed by atoms with van der Waals surface area (Å²) in [6.45, 7) is 7.41. The fourth-order valence-corrected chi connectivity index (χ4v) is 1.72. The van der Waals surface area contributed by atoms with Crippen molar-refractivity contribution in [2.45, 2.75) is 20.8 Å². The Morgan fingerprint density at radius 3 is 2.38 bits per heavy atom. The summed E-state index contributed by atoms with van der Waals surface area (Å²) in [5.41, 5.74) is 1.40. The van der Waals surface area contributed by atoms with E-state index in [4.69, 9.17) is 0 Å². The largest absolute Gasteiger partial charge is 0.502 e. The van der Waals surface area contributed by atoms with Crippen LogP contribution in [0.4, 0.5) is 11.4 Å². The maximum atomic E-state index is 10.6. The molecule has 5 nitrogen and oxygen atoms in total. The number of nitro benzene ring substituents is 1. The molecule has 16 heavy (non-hydrogen) atoms. The van der Waals surface area contributed by atoms with E-state index in [0.717, 1.165) is 24.3 Å². The number of aryl methyl sites for hydroxylation is 1. The van der Waals surface area contributed by atoms with E-state index < -0.39 is 4.92 Å². The van der Waals surface area contributed by atoms with Gasteiger partial charge in [0.15, 0.2) is 5.75 Å². The van der Waals surface area contributed by atoms with Gasteiger partial charge in [-0.3, -0.25) is 10.1 Å². The summed E-state index contributed by atoms with van der Waals surface area (Å²) >= 11 is 0. The molecule has 0 aromatic heterocycles. The molecule has 0 amide bonds. The molecule has 0 radical (unpaired) electrons. The number of rotatable bonds is 4. The lowest BCUT2D eigenvalue weighted by atomic mass is 10.1. The summed E-state index contributed by atoms with van der Waals surface area (Å²) in [6, 6.07) is 2.86. The first-order chi connectivity index (χ1) is 7.51. The number of benzene rings is 1. The molecule has 1 aromatic carbocycles. The summed E-state index contributed by atoms with van der Waals surface area (Å²) in [6.07, 6.45) is 0. The van der Waals surface area contributed by atoms with Crippen molar-refractivity contribution in [2.75, 3.05) is 18.0 Å². The van der Waals surface area contributed by atoms with Crippen LogP contribution in [0, 0.1) is 17.0 Å². The van der Waals surface area contributed by atoms with Crippen molar-refractivity contribution in [3.63, 3.8) is 0 Å². The van der Waals surface area contributed by atoms with Crippen LogP contribution in [-0.2, 0) is 0 Å². The smallest absolute Gasteiger partial charge is 0.311 e. The third-order valence-electron chi connectivity index (χ3n) is 2.59. The van der Waals surface area contributed by atoms with Crippen LogP contribution in [0.5, 0.6) is 5.75 Å². The van der Waals surface area contributed by atoms with E-state index in [-0.39, 0.29) is 11.4 Å². The van der Waals surface area contributed by atoms with Gasteiger partial charge < -0.3 is 10.0 Å². The molecule has 1 rings (SSSR count). The van der Waals surface area contributed by atoms with Crippen LogP contribution in [0.2, 0.25) is 0 Å². The van der Waals surface area contributed by atoms with E-state index >= 15 is 0 Å². The highest BCUT2D eigenvalue weighted by molar-refractivity contribution is 5.63. The second-order valence-electron chi connectivity index (χ2n) is 3.56. The van der Waals surface area contributed by atoms with E-state index in [1.165, 1.54) is 12.1 Å². The zero-order valence-electron chi connectivity index (χ0n) is 9.73. The van der Waals surface area contributed by atoms with Gasteiger partial charge in [0.2, 0.25) is 0 Å². The van der Waals surface area contributed by atoms with Gasteiger partial charge in [-0.05, 0) is 26.3 Å². The maximum Gasteiger partial charge on any atom is 0.311 e. The molecule has 1 N–H and O–H groups in total. The number of hydrogen-bond donors (Lipinski definition) is 1. The fraction of sp³-hybridized carbons (Fsp3) is 0.455. The van der Waals surface area contributed by atoms with Crippen molar-refractivity contribution in [2.24, 2.45) is 0 Å². The molecule has 0 aliphatic rings. The van der Waals surface area contributed by atoms with E-state index in [1.54, 1.807) is 6.92 Å². The Labute approximate surface area is 94.5 Å². The van der Waals surface area contributed by atoms with Crippen LogP contribution in [0.15, 0.2) is 12.1 Å². The summed E-state index contributed by atoms with van der Waals surface area (Å²) in [4.78, 5) is 12.1. The Hall–Kier alpha value is -1.78. The molecule has 0 saturated carbocycles. The van der Waals surface area contributed by atoms with Crippen molar-refractivity contribution >= 4 is 11.4 Å². The molecular weight excluding hydrogens is 208 g/mol. The highest BCUT2D eigenvalue weighted by Crippen LogP contribution is 2.33. The zero-order valence-corrected chi connectivity index (χ0v) is 9.73. The Balaban J connectivity index is 3.24. The minimum atomic E-state index is -0.575. The third-order valence-corrected chi connectivity index (χ3v) is 2.59. The summed E-state index contributed by atoms with van der Waals surface area (Å²) < 4.78 is 0. The normalized spacial score (nSPS) is 10.2. The van der Waals surface area contributed by atoms with Gasteiger partial charge in [-0.15, -0.1) is 0 Å². The van der Waals surface area contributed by atoms with Gasteiger partial charge in [0, 0.05) is 30.9 Å². The molecule has 0 aliphatic heterocycles. The van der Waals surface area contributed by atoms with Crippen molar-refractivity contribution < 1.29 is 10.0 Å². The lowest BCUT2D eigenvalue weighted by Gasteiger charge is -2.23. The van der Waals surface area contributed by atoms with Gasteiger partial charge in [0.25, 0.3) is 0 Å². The lowest BCUT2D eigenvalue weighted by Crippen LogP contribution is -2.22. The van der Waals surface area contributed by atoms with E-state index in [0.29, 0.717) is 0 Å². The highest BCUT2D eigenvalue weighted by Gasteiger charge is 2.17. The van der Waals surface area contributed by atoms with Gasteiger partial charge >= 0.3 is 5.69 Å². The number of aromatic hydroxyl groups is 1. The molecule has 1 aromatic rings. The topological polar surface area (TPSA) is 66.6 Å². The van der Waals surface area contributed by atoms with Gasteiger partial charge in [0.05, 0.1) is 4.92 Å². The van der Waals surface area contributed by atoms with Crippen LogP contribution >= 0.6 is 0 Å². The monoisotopic (exact) mass is 224 g/mol. The van der Waals surface area contributed by atoms with Crippen molar-refractivity contribution in [1.82, 2.24) is 0 Å². The Bertz CT molecular complexity index is 400. The number of phenols is 1. The van der Waals surface area contributed by atoms with Crippen LogP contribution < -0.4 is 4.90 Å². The Morgan fingerprint density at radius 1 is 1.38 bits per heavy atom. The average Bonchev–Trinajstić information content (AvgIpc) is 2.23. The fourth-order valence-electron chi connectivity index (χ4n) is 1.72. The van der Waals surface area contributed by atoms with E-state index in [9.17, 15) is 15.2 Å². The third kappa shape index (κ3) is 2.24. The molecular formula is C11H16N2O3. The molecule has 0 fully saturated rings. The predicted molar refractivity (Wildman–Crippen MR) is 63.1 cm³/mol. The summed E-state index contributed by atoms with van der Waals surface area (Å²) in [5, 5.41) is 20.2. The van der Waals surface area contributed by atoms with Crippen molar-refractivity contribution in [3.8, 4) is 5.75 Å². The molecule has 0 heterocycles. The first-order valence-electron chi connectivity index (χ1n) is 5.24. The Kier molecular flexibility index (Phi) is 3.71. The molecule has 0 saturated heterocycles. The molecule has 0 spiro atoms. The van der Waals surface area contributed by atoms with Crippen LogP contribution in [-0.4, -0.2) is 23.1 Å². The molecule has 88 valence electrons. The van der Waals surface area contributed by atoms with Gasteiger partial charge in [-0.25, -0.2) is 0 Å². The zero-order chi connectivity index (χ0) is 12.3. The maximum absolute atomic E-state index is 10.6. The average molecular weight is 224 g/mol. The molecule has 5 heteroatoms. The van der Waals surface area contributed by atoms with Gasteiger partial charge in [-0.1, -0.05) is 0 Å². The number of nitro groups is 1. The first kappa shape index (κ1) is 12.3. The molecule has 0 atom stereocenters. The number of hydrogen-bond acceptors (Lipinski definition) is 4. The second kappa shape index (κ2) is 4.83. The first-order valence-corrected chi connectivity index (χ1v) is 5.24. The number of anilines is 1. The van der Waals surface area contributed by atoms with Gasteiger partial charge in [-0.2, -0.15) is 0 Å². The molecule has 0 bridgehead atoms. The number of nitrogens with zero attached hydrogens (tertiary/aromatic N) is 2. The summed E-state index contributed by atoms with van der Waals surface area (Å²) in [5.74, 6) is -0.280. The predicted octanol–water partition coefficient (Wildman–Crippen LogP) is 2.46. The van der Waals surface area contributed by atoms with Crippen LogP contribution in [0.25, 0.3) is 0 Å². The number of phenolic OH excluding ortho intramolecular Hbond substituents is 1. The highest BCUT2D eigenvalue weighted by atomic mass is 16.6. The van der Waals surface area contributed by atoms with Crippen molar-refractivity contribution in [3.05, 3.63) is 27.8 Å². The molecule has 0 aliphatic carbocycles. The lowest BCUT2D eigenvalue weighted by molar-refractivity contribution is -0.385. The minimum Gasteiger partial charge on any atom is -0.502 e. The SMILES string of the molecule is CCN(CC)c1cc(O)c([N+](=O)[O-])cc1C. The van der Waals surface area contributed by atoms with Crippen LogP contribution in [0.1, 0.15) is 19.4 Å². The minimum absolute atomic E-state index is 0.242. The van der Waals surface area contributed by atoms with E-state index in [1.807, 2.05) is 18.7 Å². The molecule has 0 unspecified atom stereocenters. The summed E-state index contributed by atoms with van der Waals surface area (Å²) in [7, 11) is 0. The standard InChI is InChI=1S/C11H16N2O3/c1-4-12(5-2)9-7-11(14)10(13(15)16)6-8(9)3/h6-7,14H,4-5H2,1-3H3. The van der Waals surface area contributed by atoms with E-state index in [2.05, 4.69) is 0 Å². The van der Waals surface area contributed by atoms with Gasteiger partial charge in [0.1, 0.15) is 0 Å². The van der Waals surface area contributed by atoms with Crippen molar-refractivity contribution in [1.29, 1.82) is 0 Å². The second-order valence-corrected chi connectivity index (χ2v) is 3.56. The van der Waals surface area contributed by atoms with Crippen LogP contribution in [0.3, 0.4) is 0 Å². The Morgan fingerprint density at radius 2 is 1.94 bits per heavy atom. The quantitative estimate of drug-likeness (QED) is 0.630.